The molecule has 2 rings (SSSR count). The van der Waals surface area contributed by atoms with Gasteiger partial charge in [0.2, 0.25) is 0 Å². The van der Waals surface area contributed by atoms with E-state index < -0.39 is 17.7 Å². The minimum atomic E-state index is -0.789. The third-order valence-electron chi connectivity index (χ3n) is 4.07. The topological polar surface area (TPSA) is 57.6 Å². The highest BCUT2D eigenvalue weighted by atomic mass is 35.5. The molecule has 1 aliphatic carbocycles. The lowest BCUT2D eigenvalue weighted by molar-refractivity contribution is -0.143. The van der Waals surface area contributed by atoms with E-state index in [-0.39, 0.29) is 17.5 Å². The molecular formula is C15H17ClFNO3. The Kier molecular flexibility index (Phi) is 4.83. The van der Waals surface area contributed by atoms with Crippen LogP contribution in [-0.2, 0) is 4.79 Å². The summed E-state index contributed by atoms with van der Waals surface area (Å²) in [6.07, 6.45) is 2.30. The van der Waals surface area contributed by atoms with Gasteiger partial charge in [-0.15, -0.1) is 0 Å². The third-order valence-corrected chi connectivity index (χ3v) is 4.31. The van der Waals surface area contributed by atoms with Gasteiger partial charge in [0.1, 0.15) is 5.82 Å². The summed E-state index contributed by atoms with van der Waals surface area (Å²) in [5.41, 5.74) is -0.0506. The van der Waals surface area contributed by atoms with Crippen LogP contribution in [0.3, 0.4) is 0 Å². The Hall–Kier alpha value is -1.62. The van der Waals surface area contributed by atoms with E-state index >= 15 is 0 Å². The second-order valence-electron chi connectivity index (χ2n) is 5.38. The van der Waals surface area contributed by atoms with Crippen molar-refractivity contribution in [1.29, 1.82) is 0 Å². The molecule has 0 heterocycles. The first kappa shape index (κ1) is 15.8. The minimum Gasteiger partial charge on any atom is -0.481 e. The maximum Gasteiger partial charge on any atom is 0.306 e. The molecule has 0 saturated heterocycles. The maximum absolute atomic E-state index is 13.7. The fourth-order valence-electron chi connectivity index (χ4n) is 2.73. The summed E-state index contributed by atoms with van der Waals surface area (Å²) in [6, 6.07) is 3.82. The Balaban J connectivity index is 2.06. The van der Waals surface area contributed by atoms with E-state index in [9.17, 15) is 14.0 Å². The molecule has 0 radical (unpaired) electrons. The zero-order valence-corrected chi connectivity index (χ0v) is 12.4. The quantitative estimate of drug-likeness (QED) is 0.932. The first-order chi connectivity index (χ1) is 9.90. The van der Waals surface area contributed by atoms with Gasteiger partial charge in [0, 0.05) is 18.1 Å². The van der Waals surface area contributed by atoms with Crippen LogP contribution in [0.5, 0.6) is 0 Å². The van der Waals surface area contributed by atoms with Crippen molar-refractivity contribution in [3.05, 3.63) is 34.6 Å². The van der Waals surface area contributed by atoms with Crippen molar-refractivity contribution in [3.8, 4) is 0 Å². The number of carboxylic acids is 1. The molecular weight excluding hydrogens is 297 g/mol. The van der Waals surface area contributed by atoms with Crippen LogP contribution in [0.2, 0.25) is 5.02 Å². The number of halogens is 2. The van der Waals surface area contributed by atoms with E-state index in [1.807, 2.05) is 0 Å². The third kappa shape index (κ3) is 3.53. The zero-order valence-electron chi connectivity index (χ0n) is 11.7. The highest BCUT2D eigenvalue weighted by Gasteiger charge is 2.30. The molecule has 0 aromatic heterocycles. The molecule has 1 saturated carbocycles. The Morgan fingerprint density at radius 2 is 1.90 bits per heavy atom. The van der Waals surface area contributed by atoms with Crippen LogP contribution >= 0.6 is 11.6 Å². The minimum absolute atomic E-state index is 0.0506. The van der Waals surface area contributed by atoms with Crippen LogP contribution in [0.1, 0.15) is 36.0 Å². The highest BCUT2D eigenvalue weighted by molar-refractivity contribution is 6.31. The molecule has 0 unspecified atom stereocenters. The summed E-state index contributed by atoms with van der Waals surface area (Å²) < 4.78 is 13.7. The van der Waals surface area contributed by atoms with Gasteiger partial charge in [-0.05, 0) is 43.9 Å². The van der Waals surface area contributed by atoms with E-state index in [0.717, 1.165) is 0 Å². The summed E-state index contributed by atoms with van der Waals surface area (Å²) in [4.78, 5) is 24.8. The van der Waals surface area contributed by atoms with Crippen LogP contribution in [0.15, 0.2) is 18.2 Å². The lowest BCUT2D eigenvalue weighted by Crippen LogP contribution is -2.40. The van der Waals surface area contributed by atoms with Crippen LogP contribution in [0.25, 0.3) is 0 Å². The van der Waals surface area contributed by atoms with Crippen molar-refractivity contribution in [2.24, 2.45) is 5.92 Å². The van der Waals surface area contributed by atoms with Crippen molar-refractivity contribution in [1.82, 2.24) is 4.90 Å². The number of carbonyl (C=O) groups excluding carboxylic acids is 1. The number of nitrogens with zero attached hydrogens (tertiary/aromatic N) is 1. The molecule has 1 aromatic carbocycles. The van der Waals surface area contributed by atoms with E-state index in [1.165, 1.54) is 23.1 Å². The van der Waals surface area contributed by atoms with E-state index in [0.29, 0.717) is 30.7 Å². The van der Waals surface area contributed by atoms with Gasteiger partial charge < -0.3 is 10.0 Å². The van der Waals surface area contributed by atoms with Gasteiger partial charge in [-0.3, -0.25) is 9.59 Å². The maximum atomic E-state index is 13.7. The second kappa shape index (κ2) is 6.43. The number of amides is 1. The summed E-state index contributed by atoms with van der Waals surface area (Å²) in [5, 5.41) is 9.28. The normalized spacial score (nSPS) is 21.9. The van der Waals surface area contributed by atoms with Gasteiger partial charge in [-0.1, -0.05) is 11.6 Å². The molecule has 1 aliphatic rings. The van der Waals surface area contributed by atoms with Gasteiger partial charge in [-0.2, -0.15) is 0 Å². The summed E-state index contributed by atoms with van der Waals surface area (Å²) in [6.45, 7) is 0. The molecule has 1 N–H and O–H groups in total. The summed E-state index contributed by atoms with van der Waals surface area (Å²) >= 11 is 5.80. The van der Waals surface area contributed by atoms with Crippen molar-refractivity contribution in [2.75, 3.05) is 7.05 Å². The smallest absolute Gasteiger partial charge is 0.306 e. The molecule has 21 heavy (non-hydrogen) atoms. The lowest BCUT2D eigenvalue weighted by atomic mass is 9.85. The van der Waals surface area contributed by atoms with Crippen LogP contribution in [0.4, 0.5) is 4.39 Å². The van der Waals surface area contributed by atoms with E-state index in [2.05, 4.69) is 0 Å². The van der Waals surface area contributed by atoms with Gasteiger partial charge in [-0.25, -0.2) is 4.39 Å². The highest BCUT2D eigenvalue weighted by Crippen LogP contribution is 2.28. The molecule has 1 amide bonds. The first-order valence-electron chi connectivity index (χ1n) is 6.85. The lowest BCUT2D eigenvalue weighted by Gasteiger charge is -2.33. The van der Waals surface area contributed by atoms with Crippen molar-refractivity contribution in [2.45, 2.75) is 31.7 Å². The number of carbonyl (C=O) groups is 2. The monoisotopic (exact) mass is 313 g/mol. The first-order valence-corrected chi connectivity index (χ1v) is 7.23. The van der Waals surface area contributed by atoms with Gasteiger partial charge in [0.15, 0.2) is 0 Å². The van der Waals surface area contributed by atoms with Gasteiger partial charge in [0.25, 0.3) is 5.91 Å². The standard InChI is InChI=1S/C15H17ClFNO3/c1-18(11-5-2-9(3-6-11)15(20)21)14(19)12-8-10(16)4-7-13(12)17/h4,7-9,11H,2-3,5-6H2,1H3,(H,20,21). The van der Waals surface area contributed by atoms with Crippen LogP contribution < -0.4 is 0 Å². The summed E-state index contributed by atoms with van der Waals surface area (Å²) in [7, 11) is 1.62. The van der Waals surface area contributed by atoms with Crippen LogP contribution in [0, 0.1) is 11.7 Å². The Labute approximate surface area is 127 Å². The fraction of sp³-hybridized carbons (Fsp3) is 0.467. The van der Waals surface area contributed by atoms with Crippen molar-refractivity contribution >= 4 is 23.5 Å². The molecule has 1 fully saturated rings. The van der Waals surface area contributed by atoms with Gasteiger partial charge >= 0.3 is 5.97 Å². The molecule has 0 bridgehead atoms. The second-order valence-corrected chi connectivity index (χ2v) is 5.82. The molecule has 0 aliphatic heterocycles. The van der Waals surface area contributed by atoms with Crippen molar-refractivity contribution < 1.29 is 19.1 Å². The number of benzene rings is 1. The fourth-order valence-corrected chi connectivity index (χ4v) is 2.90. The Morgan fingerprint density at radius 1 is 1.29 bits per heavy atom. The average molecular weight is 314 g/mol. The average Bonchev–Trinajstić information content (AvgIpc) is 2.48. The zero-order chi connectivity index (χ0) is 15.6. The number of aliphatic carboxylic acids is 1. The molecule has 0 atom stereocenters. The largest absolute Gasteiger partial charge is 0.481 e. The number of hydrogen-bond donors (Lipinski definition) is 1. The molecule has 6 heteroatoms. The number of carboxylic acid groups (broad SMARTS) is 1. The van der Waals surface area contributed by atoms with E-state index in [1.54, 1.807) is 7.05 Å². The summed E-state index contributed by atoms with van der Waals surface area (Å²) in [5.74, 6) is -2.15. The molecule has 114 valence electrons. The Bertz CT molecular complexity index is 556. The molecule has 4 nitrogen and oxygen atoms in total. The van der Waals surface area contributed by atoms with Crippen molar-refractivity contribution in [3.63, 3.8) is 0 Å². The number of hydrogen-bond acceptors (Lipinski definition) is 2. The Morgan fingerprint density at radius 3 is 2.48 bits per heavy atom. The SMILES string of the molecule is CN(C(=O)c1cc(Cl)ccc1F)C1CCC(C(=O)O)CC1. The number of rotatable bonds is 3. The van der Waals surface area contributed by atoms with Crippen LogP contribution in [-0.4, -0.2) is 35.0 Å². The predicted octanol–water partition coefficient (Wildman–Crippen LogP) is 3.19. The molecule has 0 spiro atoms. The molecule has 1 aromatic rings. The predicted molar refractivity (Wildman–Crippen MR) is 76.9 cm³/mol. The van der Waals surface area contributed by atoms with Gasteiger partial charge in [0.05, 0.1) is 11.5 Å². The van der Waals surface area contributed by atoms with E-state index in [4.69, 9.17) is 16.7 Å².